The van der Waals surface area contributed by atoms with Gasteiger partial charge in [0.15, 0.2) is 0 Å². The Hall–Kier alpha value is -0.820. The summed E-state index contributed by atoms with van der Waals surface area (Å²) in [6.07, 6.45) is -5.22. The summed E-state index contributed by atoms with van der Waals surface area (Å²) in [5, 5.41) is 5.50. The Morgan fingerprint density at radius 2 is 2.00 bits per heavy atom. The van der Waals surface area contributed by atoms with Crippen LogP contribution in [0.15, 0.2) is 0 Å². The first-order valence-electron chi connectivity index (χ1n) is 5.66. The minimum Gasteiger partial charge on any atom is -0.352 e. The smallest absolute Gasteiger partial charge is 0.352 e. The van der Waals surface area contributed by atoms with Crippen LogP contribution in [0.3, 0.4) is 0 Å². The van der Waals surface area contributed by atoms with Crippen molar-refractivity contribution in [1.29, 1.82) is 0 Å². The minimum absolute atomic E-state index is 0.171. The van der Waals surface area contributed by atoms with E-state index in [1.807, 2.05) is 4.90 Å². The molecular formula is C10H18F3N3O. The molecule has 7 heteroatoms. The lowest BCUT2D eigenvalue weighted by Gasteiger charge is -2.27. The van der Waals surface area contributed by atoms with E-state index < -0.39 is 18.6 Å². The van der Waals surface area contributed by atoms with Crippen molar-refractivity contribution in [2.75, 3.05) is 32.7 Å². The largest absolute Gasteiger partial charge is 0.391 e. The third-order valence-electron chi connectivity index (χ3n) is 2.52. The Bertz CT molecular complexity index is 252. The average Bonchev–Trinajstić information content (AvgIpc) is 2.15. The number of hydrogen-bond donors (Lipinski definition) is 2. The summed E-state index contributed by atoms with van der Waals surface area (Å²) in [5.74, 6) is -0.344. The summed E-state index contributed by atoms with van der Waals surface area (Å²) in [4.78, 5) is 13.4. The molecule has 0 aromatic heterocycles. The number of carbonyl (C=O) groups excluding carboxylic acids is 1. The maximum absolute atomic E-state index is 12.0. The lowest BCUT2D eigenvalue weighted by atomic mass is 10.2. The third kappa shape index (κ3) is 6.48. The Balaban J connectivity index is 2.23. The Kier molecular flexibility index (Phi) is 5.20. The van der Waals surface area contributed by atoms with Crippen molar-refractivity contribution in [2.45, 2.75) is 25.6 Å². The molecule has 0 spiro atoms. The zero-order valence-corrected chi connectivity index (χ0v) is 9.81. The zero-order valence-electron chi connectivity index (χ0n) is 9.81. The van der Waals surface area contributed by atoms with Crippen molar-refractivity contribution in [2.24, 2.45) is 0 Å². The molecule has 0 bridgehead atoms. The molecule has 0 aromatic carbocycles. The fraction of sp³-hybridized carbons (Fsp3) is 0.900. The second kappa shape index (κ2) is 6.20. The quantitative estimate of drug-likeness (QED) is 0.760. The highest BCUT2D eigenvalue weighted by atomic mass is 19.4. The SMILES string of the molecule is CC(CC(F)(F)F)NC(=O)CN1CCNCC1. The number of halogens is 3. The van der Waals surface area contributed by atoms with Crippen molar-refractivity contribution >= 4 is 5.91 Å². The molecule has 0 aliphatic carbocycles. The second-order valence-electron chi connectivity index (χ2n) is 4.31. The number of carbonyl (C=O) groups is 1. The maximum atomic E-state index is 12.0. The normalized spacial score (nSPS) is 20.0. The Morgan fingerprint density at radius 3 is 2.53 bits per heavy atom. The van der Waals surface area contributed by atoms with Gasteiger partial charge in [-0.3, -0.25) is 9.69 Å². The van der Waals surface area contributed by atoms with Crippen LogP contribution in [0.4, 0.5) is 13.2 Å². The van der Waals surface area contributed by atoms with Crippen LogP contribution in [0, 0.1) is 0 Å². The number of piperazine rings is 1. The molecule has 1 aliphatic rings. The van der Waals surface area contributed by atoms with Crippen molar-refractivity contribution in [1.82, 2.24) is 15.5 Å². The average molecular weight is 253 g/mol. The molecule has 0 radical (unpaired) electrons. The summed E-state index contributed by atoms with van der Waals surface area (Å²) >= 11 is 0. The summed E-state index contributed by atoms with van der Waals surface area (Å²) < 4.78 is 36.1. The fourth-order valence-electron chi connectivity index (χ4n) is 1.79. The van der Waals surface area contributed by atoms with Gasteiger partial charge in [0.25, 0.3) is 0 Å². The molecule has 1 atom stereocenters. The second-order valence-corrected chi connectivity index (χ2v) is 4.31. The van der Waals surface area contributed by atoms with Crippen LogP contribution < -0.4 is 10.6 Å². The maximum Gasteiger partial charge on any atom is 0.391 e. The van der Waals surface area contributed by atoms with E-state index >= 15 is 0 Å². The van der Waals surface area contributed by atoms with Crippen LogP contribution >= 0.6 is 0 Å². The van der Waals surface area contributed by atoms with Gasteiger partial charge in [0, 0.05) is 32.2 Å². The van der Waals surface area contributed by atoms with E-state index in [4.69, 9.17) is 0 Å². The highest BCUT2D eigenvalue weighted by Crippen LogP contribution is 2.21. The van der Waals surface area contributed by atoms with Crippen LogP contribution in [0.25, 0.3) is 0 Å². The van der Waals surface area contributed by atoms with E-state index in [0.717, 1.165) is 26.2 Å². The predicted octanol–water partition coefficient (Wildman–Crippen LogP) is 0.349. The number of hydrogen-bond acceptors (Lipinski definition) is 3. The van der Waals surface area contributed by atoms with Gasteiger partial charge in [-0.25, -0.2) is 0 Å². The lowest BCUT2D eigenvalue weighted by Crippen LogP contribution is -2.49. The molecular weight excluding hydrogens is 235 g/mol. The van der Waals surface area contributed by atoms with E-state index in [0.29, 0.717) is 0 Å². The Labute approximate surface area is 98.5 Å². The fourth-order valence-corrected chi connectivity index (χ4v) is 1.79. The molecule has 1 unspecified atom stereocenters. The zero-order chi connectivity index (χ0) is 12.9. The monoisotopic (exact) mass is 253 g/mol. The number of nitrogens with one attached hydrogen (secondary N) is 2. The van der Waals surface area contributed by atoms with E-state index in [9.17, 15) is 18.0 Å². The van der Waals surface area contributed by atoms with Crippen LogP contribution in [0.5, 0.6) is 0 Å². The van der Waals surface area contributed by atoms with Gasteiger partial charge in [-0.2, -0.15) is 13.2 Å². The van der Waals surface area contributed by atoms with Crippen LogP contribution in [0.1, 0.15) is 13.3 Å². The van der Waals surface area contributed by atoms with Crippen molar-refractivity contribution < 1.29 is 18.0 Å². The highest BCUT2D eigenvalue weighted by Gasteiger charge is 2.30. The van der Waals surface area contributed by atoms with Crippen LogP contribution in [0.2, 0.25) is 0 Å². The first kappa shape index (κ1) is 14.2. The van der Waals surface area contributed by atoms with Crippen molar-refractivity contribution in [3.05, 3.63) is 0 Å². The van der Waals surface area contributed by atoms with Crippen molar-refractivity contribution in [3.8, 4) is 0 Å². The van der Waals surface area contributed by atoms with E-state index in [1.54, 1.807) is 0 Å². The molecule has 1 aliphatic heterocycles. The molecule has 100 valence electrons. The van der Waals surface area contributed by atoms with Gasteiger partial charge < -0.3 is 10.6 Å². The Morgan fingerprint density at radius 1 is 1.41 bits per heavy atom. The highest BCUT2D eigenvalue weighted by molar-refractivity contribution is 5.78. The van der Waals surface area contributed by atoms with Gasteiger partial charge in [-0.1, -0.05) is 0 Å². The van der Waals surface area contributed by atoms with Crippen LogP contribution in [-0.2, 0) is 4.79 Å². The van der Waals surface area contributed by atoms with Gasteiger partial charge in [0.2, 0.25) is 5.91 Å². The number of rotatable bonds is 4. The lowest BCUT2D eigenvalue weighted by molar-refractivity contribution is -0.141. The first-order valence-corrected chi connectivity index (χ1v) is 5.66. The van der Waals surface area contributed by atoms with E-state index in [1.165, 1.54) is 6.92 Å². The van der Waals surface area contributed by atoms with Gasteiger partial charge in [0.05, 0.1) is 13.0 Å². The topological polar surface area (TPSA) is 44.4 Å². The summed E-state index contributed by atoms with van der Waals surface area (Å²) in [7, 11) is 0. The van der Waals surface area contributed by atoms with Gasteiger partial charge >= 0.3 is 6.18 Å². The molecule has 17 heavy (non-hydrogen) atoms. The standard InChI is InChI=1S/C10H18F3N3O/c1-8(6-10(11,12)13)15-9(17)7-16-4-2-14-3-5-16/h8,14H,2-7H2,1H3,(H,15,17). The molecule has 1 amide bonds. The third-order valence-corrected chi connectivity index (χ3v) is 2.52. The van der Waals surface area contributed by atoms with Crippen molar-refractivity contribution in [3.63, 3.8) is 0 Å². The molecule has 1 rings (SSSR count). The molecule has 1 fully saturated rings. The summed E-state index contributed by atoms with van der Waals surface area (Å²) in [5.41, 5.74) is 0. The van der Waals surface area contributed by atoms with Gasteiger partial charge in [0.1, 0.15) is 0 Å². The molecule has 1 heterocycles. The summed E-state index contributed by atoms with van der Waals surface area (Å²) in [6.45, 7) is 4.66. The molecule has 1 saturated heterocycles. The van der Waals surface area contributed by atoms with Crippen LogP contribution in [-0.4, -0.2) is 55.7 Å². The molecule has 2 N–H and O–H groups in total. The predicted molar refractivity (Wildman–Crippen MR) is 57.6 cm³/mol. The molecule has 0 saturated carbocycles. The van der Waals surface area contributed by atoms with Gasteiger partial charge in [-0.15, -0.1) is 0 Å². The van der Waals surface area contributed by atoms with E-state index in [-0.39, 0.29) is 12.5 Å². The number of amides is 1. The number of alkyl halides is 3. The molecule has 4 nitrogen and oxygen atoms in total. The first-order chi connectivity index (χ1) is 7.87. The molecule has 0 aromatic rings. The minimum atomic E-state index is -4.23. The van der Waals surface area contributed by atoms with Gasteiger partial charge in [-0.05, 0) is 6.92 Å². The summed E-state index contributed by atoms with van der Waals surface area (Å²) in [6, 6.07) is -0.870. The number of nitrogens with zero attached hydrogens (tertiary/aromatic N) is 1. The van der Waals surface area contributed by atoms with E-state index in [2.05, 4.69) is 10.6 Å².